The van der Waals surface area contributed by atoms with Crippen LogP contribution in [0.1, 0.15) is 76.2 Å². The summed E-state index contributed by atoms with van der Waals surface area (Å²) in [6.07, 6.45) is 6.87. The summed E-state index contributed by atoms with van der Waals surface area (Å²) >= 11 is 0. The zero-order valence-corrected chi connectivity index (χ0v) is 22.1. The standard InChI is InChI=1S/C29H39FN4O2/c1-5-31-8-10-32(11-9-31)25-13-24-21(12-23(25)30)26(35)22(16-33(24)19-6-7-19)27(36)34-18-29(4)15-20(34)14-28(2,3)17-29/h12-13,16,19-20H,5-11,14-15,17-18H2,1-4H3/t20-,29-/m1/s1. The molecule has 1 amide bonds. The minimum absolute atomic E-state index is 0.0945. The fourth-order valence-corrected chi connectivity index (χ4v) is 7.57. The molecule has 2 atom stereocenters. The Labute approximate surface area is 213 Å². The van der Waals surface area contributed by atoms with Crippen LogP contribution in [0.15, 0.2) is 23.1 Å². The number of anilines is 1. The van der Waals surface area contributed by atoms with Gasteiger partial charge in [-0.15, -0.1) is 0 Å². The van der Waals surface area contributed by atoms with E-state index in [1.807, 2.05) is 11.0 Å². The van der Waals surface area contributed by atoms with Gasteiger partial charge < -0.3 is 19.3 Å². The van der Waals surface area contributed by atoms with Crippen LogP contribution in [-0.4, -0.2) is 65.6 Å². The molecule has 194 valence electrons. The SMILES string of the molecule is CCN1CCN(c2cc3c(cc2F)c(=O)c(C(=O)N2C[C@]4(C)C[C@H]2CC(C)(C)C4)cn3C2CC2)CC1. The number of carbonyl (C=O) groups excluding carboxylic acids is 1. The average Bonchev–Trinajstić information content (AvgIpc) is 3.63. The molecule has 2 bridgehead atoms. The molecule has 0 spiro atoms. The van der Waals surface area contributed by atoms with Crippen LogP contribution in [0.5, 0.6) is 0 Å². The number of hydrogen-bond acceptors (Lipinski definition) is 4. The number of likely N-dealkylation sites (tertiary alicyclic amines) is 1. The maximum absolute atomic E-state index is 15.5. The number of pyridine rings is 1. The molecule has 7 heteroatoms. The molecule has 0 N–H and O–H groups in total. The smallest absolute Gasteiger partial charge is 0.259 e. The van der Waals surface area contributed by atoms with Gasteiger partial charge in [-0.05, 0) is 61.6 Å². The summed E-state index contributed by atoms with van der Waals surface area (Å²) in [5, 5.41) is 0.329. The molecule has 3 heterocycles. The largest absolute Gasteiger partial charge is 0.367 e. The van der Waals surface area contributed by atoms with E-state index >= 15 is 4.39 Å². The third-order valence-electron chi connectivity index (χ3n) is 9.11. The third kappa shape index (κ3) is 4.04. The van der Waals surface area contributed by atoms with Crippen molar-refractivity contribution in [2.75, 3.05) is 44.2 Å². The molecular formula is C29H39FN4O2. The predicted molar refractivity (Wildman–Crippen MR) is 141 cm³/mol. The van der Waals surface area contributed by atoms with Crippen molar-refractivity contribution in [2.24, 2.45) is 10.8 Å². The van der Waals surface area contributed by atoms with Crippen LogP contribution in [0.3, 0.4) is 0 Å². The number of likely N-dealkylation sites (N-methyl/N-ethyl adjacent to an activating group) is 1. The molecule has 1 aromatic carbocycles. The summed E-state index contributed by atoms with van der Waals surface area (Å²) in [4.78, 5) is 34.0. The Balaban J connectivity index is 1.39. The minimum Gasteiger partial charge on any atom is -0.367 e. The van der Waals surface area contributed by atoms with Crippen LogP contribution in [0.2, 0.25) is 0 Å². The Kier molecular flexibility index (Phi) is 5.52. The lowest BCUT2D eigenvalue weighted by Crippen LogP contribution is -2.46. The highest BCUT2D eigenvalue weighted by molar-refractivity contribution is 5.98. The summed E-state index contributed by atoms with van der Waals surface area (Å²) in [5.41, 5.74) is 1.46. The highest BCUT2D eigenvalue weighted by Crippen LogP contribution is 2.52. The molecule has 2 aliphatic carbocycles. The van der Waals surface area contributed by atoms with Gasteiger partial charge in [0.25, 0.3) is 5.91 Å². The molecule has 0 unspecified atom stereocenters. The van der Waals surface area contributed by atoms with Crippen molar-refractivity contribution in [3.63, 3.8) is 0 Å². The Morgan fingerprint density at radius 3 is 2.44 bits per heavy atom. The second-order valence-electron chi connectivity index (χ2n) is 12.9. The van der Waals surface area contributed by atoms with E-state index in [1.165, 1.54) is 6.07 Å². The van der Waals surface area contributed by atoms with E-state index < -0.39 is 0 Å². The van der Waals surface area contributed by atoms with Crippen molar-refractivity contribution in [2.45, 2.75) is 71.9 Å². The van der Waals surface area contributed by atoms with E-state index in [0.29, 0.717) is 17.6 Å². The van der Waals surface area contributed by atoms with E-state index in [0.717, 1.165) is 70.3 Å². The van der Waals surface area contributed by atoms with Gasteiger partial charge in [-0.1, -0.05) is 27.7 Å². The number of hydrogen-bond donors (Lipinski definition) is 0. The van der Waals surface area contributed by atoms with E-state index in [2.05, 4.69) is 42.1 Å². The number of fused-ring (bicyclic) bond motifs is 3. The molecule has 36 heavy (non-hydrogen) atoms. The van der Waals surface area contributed by atoms with Crippen LogP contribution in [0.25, 0.3) is 10.9 Å². The van der Waals surface area contributed by atoms with Crippen molar-refractivity contribution in [1.29, 1.82) is 0 Å². The van der Waals surface area contributed by atoms with Crippen molar-refractivity contribution in [1.82, 2.24) is 14.4 Å². The summed E-state index contributed by atoms with van der Waals surface area (Å²) < 4.78 is 17.5. The zero-order chi connectivity index (χ0) is 25.4. The average molecular weight is 495 g/mol. The maximum Gasteiger partial charge on any atom is 0.259 e. The van der Waals surface area contributed by atoms with Gasteiger partial charge in [-0.3, -0.25) is 9.59 Å². The van der Waals surface area contributed by atoms with Crippen LogP contribution < -0.4 is 10.3 Å². The van der Waals surface area contributed by atoms with E-state index in [9.17, 15) is 9.59 Å². The highest BCUT2D eigenvalue weighted by atomic mass is 19.1. The highest BCUT2D eigenvalue weighted by Gasteiger charge is 2.51. The zero-order valence-electron chi connectivity index (χ0n) is 22.1. The van der Waals surface area contributed by atoms with Gasteiger partial charge in [0.05, 0.1) is 11.2 Å². The number of rotatable bonds is 4. The van der Waals surface area contributed by atoms with Gasteiger partial charge in [0.15, 0.2) is 0 Å². The van der Waals surface area contributed by atoms with Crippen LogP contribution in [-0.2, 0) is 0 Å². The second-order valence-corrected chi connectivity index (χ2v) is 12.9. The molecule has 2 aliphatic heterocycles. The fourth-order valence-electron chi connectivity index (χ4n) is 7.57. The first-order valence-electron chi connectivity index (χ1n) is 13.7. The molecule has 6 nitrogen and oxygen atoms in total. The predicted octanol–water partition coefficient (Wildman–Crippen LogP) is 4.66. The van der Waals surface area contributed by atoms with E-state index in [1.54, 1.807) is 6.20 Å². The van der Waals surface area contributed by atoms with Crippen LogP contribution >= 0.6 is 0 Å². The first-order valence-corrected chi connectivity index (χ1v) is 13.7. The summed E-state index contributed by atoms with van der Waals surface area (Å²) in [5.74, 6) is -0.550. The van der Waals surface area contributed by atoms with Gasteiger partial charge >= 0.3 is 0 Å². The molecule has 2 saturated heterocycles. The van der Waals surface area contributed by atoms with E-state index in [-0.39, 0.29) is 45.6 Å². The Bertz CT molecular complexity index is 1270. The number of benzene rings is 1. The lowest BCUT2D eigenvalue weighted by atomic mass is 9.65. The number of halogens is 1. The number of aromatic nitrogens is 1. The summed E-state index contributed by atoms with van der Waals surface area (Å²) in [6, 6.07) is 3.68. The third-order valence-corrected chi connectivity index (χ3v) is 9.11. The van der Waals surface area contributed by atoms with Gasteiger partial charge in [-0.25, -0.2) is 4.39 Å². The first-order chi connectivity index (χ1) is 17.1. The molecule has 4 aliphatic rings. The lowest BCUT2D eigenvalue weighted by molar-refractivity contribution is 0.0706. The molecule has 2 saturated carbocycles. The van der Waals surface area contributed by atoms with Crippen molar-refractivity contribution < 1.29 is 9.18 Å². The lowest BCUT2D eigenvalue weighted by Gasteiger charge is -2.39. The van der Waals surface area contributed by atoms with Gasteiger partial charge in [0, 0.05) is 56.4 Å². The Hall–Kier alpha value is -2.41. The van der Waals surface area contributed by atoms with Gasteiger partial charge in [0.2, 0.25) is 5.43 Å². The summed E-state index contributed by atoms with van der Waals surface area (Å²) in [6.45, 7) is 14.0. The number of piperazine rings is 1. The first kappa shape index (κ1) is 24.0. The topological polar surface area (TPSA) is 48.8 Å². The molecule has 2 aromatic rings. The van der Waals surface area contributed by atoms with Crippen molar-refractivity contribution in [3.8, 4) is 0 Å². The number of amides is 1. The Morgan fingerprint density at radius 2 is 1.78 bits per heavy atom. The quantitative estimate of drug-likeness (QED) is 0.621. The summed E-state index contributed by atoms with van der Waals surface area (Å²) in [7, 11) is 0. The Morgan fingerprint density at radius 1 is 1.06 bits per heavy atom. The molecule has 6 rings (SSSR count). The monoisotopic (exact) mass is 494 g/mol. The van der Waals surface area contributed by atoms with E-state index in [4.69, 9.17) is 0 Å². The van der Waals surface area contributed by atoms with Crippen LogP contribution in [0, 0.1) is 16.6 Å². The molecule has 1 aromatic heterocycles. The number of carbonyl (C=O) groups is 1. The fraction of sp³-hybridized carbons (Fsp3) is 0.655. The normalized spacial score (nSPS) is 28.2. The molecule has 0 radical (unpaired) electrons. The van der Waals surface area contributed by atoms with Gasteiger partial charge in [-0.2, -0.15) is 0 Å². The van der Waals surface area contributed by atoms with Crippen molar-refractivity contribution >= 4 is 22.5 Å². The minimum atomic E-state index is -0.372. The number of nitrogens with zero attached hydrogens (tertiary/aromatic N) is 4. The second kappa shape index (κ2) is 8.30. The van der Waals surface area contributed by atoms with Crippen molar-refractivity contribution in [3.05, 3.63) is 39.9 Å². The van der Waals surface area contributed by atoms with Gasteiger partial charge in [0.1, 0.15) is 11.4 Å². The maximum atomic E-state index is 15.5. The molecular weight excluding hydrogens is 455 g/mol. The molecule has 4 fully saturated rings. The van der Waals surface area contributed by atoms with Crippen LogP contribution in [0.4, 0.5) is 10.1 Å².